The lowest BCUT2D eigenvalue weighted by atomic mass is 9.95. The van der Waals surface area contributed by atoms with E-state index in [9.17, 15) is 4.39 Å². The summed E-state index contributed by atoms with van der Waals surface area (Å²) in [5, 5.41) is 3.39. The topological polar surface area (TPSA) is 64.8 Å². The standard InChI is InChI=1S/C14H18FN5/c15-12-3-1-10(2-4-12)14-11(8-19-20-14)7-16-9-13-17-5-6-18-13/h1-6,11,14,16,19-20H,7-9H2,(H,17,18). The number of H-pyrrole nitrogens is 1. The van der Waals surface area contributed by atoms with Crippen molar-refractivity contribution in [1.82, 2.24) is 26.1 Å². The van der Waals surface area contributed by atoms with Gasteiger partial charge in [-0.05, 0) is 17.7 Å². The summed E-state index contributed by atoms with van der Waals surface area (Å²) in [6, 6.07) is 6.87. The number of hydrazine groups is 1. The summed E-state index contributed by atoms with van der Waals surface area (Å²) in [7, 11) is 0. The second kappa shape index (κ2) is 6.13. The van der Waals surface area contributed by atoms with Crippen LogP contribution in [0.3, 0.4) is 0 Å². The molecule has 1 aliphatic heterocycles. The van der Waals surface area contributed by atoms with E-state index in [2.05, 4.69) is 26.1 Å². The zero-order chi connectivity index (χ0) is 13.8. The van der Waals surface area contributed by atoms with Gasteiger partial charge in [-0.1, -0.05) is 12.1 Å². The van der Waals surface area contributed by atoms with E-state index in [-0.39, 0.29) is 11.9 Å². The Labute approximate surface area is 117 Å². The van der Waals surface area contributed by atoms with Crippen LogP contribution in [0, 0.1) is 11.7 Å². The van der Waals surface area contributed by atoms with Crippen molar-refractivity contribution in [2.45, 2.75) is 12.6 Å². The van der Waals surface area contributed by atoms with Crippen LogP contribution in [0.1, 0.15) is 17.4 Å². The molecule has 2 atom stereocenters. The van der Waals surface area contributed by atoms with Crippen molar-refractivity contribution in [3.63, 3.8) is 0 Å². The van der Waals surface area contributed by atoms with Gasteiger partial charge in [0.15, 0.2) is 0 Å². The predicted octanol–water partition coefficient (Wildman–Crippen LogP) is 1.10. The molecule has 0 radical (unpaired) electrons. The molecule has 0 aliphatic carbocycles. The van der Waals surface area contributed by atoms with Crippen LogP contribution in [-0.2, 0) is 6.54 Å². The smallest absolute Gasteiger partial charge is 0.123 e. The molecule has 0 spiro atoms. The average molecular weight is 275 g/mol. The molecule has 6 heteroatoms. The fraction of sp³-hybridized carbons (Fsp3) is 0.357. The maximum absolute atomic E-state index is 13.0. The lowest BCUT2D eigenvalue weighted by Gasteiger charge is -2.19. The minimum Gasteiger partial charge on any atom is -0.348 e. The molecule has 2 unspecified atom stereocenters. The number of hydrogen-bond donors (Lipinski definition) is 4. The number of rotatable bonds is 5. The Bertz CT molecular complexity index is 525. The number of benzene rings is 1. The fourth-order valence-electron chi connectivity index (χ4n) is 2.52. The van der Waals surface area contributed by atoms with Gasteiger partial charge < -0.3 is 10.3 Å². The molecule has 1 aromatic heterocycles. The van der Waals surface area contributed by atoms with Crippen LogP contribution in [0.25, 0.3) is 0 Å². The van der Waals surface area contributed by atoms with Crippen molar-refractivity contribution in [3.05, 3.63) is 53.9 Å². The van der Waals surface area contributed by atoms with Gasteiger partial charge in [-0.25, -0.2) is 14.8 Å². The first-order valence-electron chi connectivity index (χ1n) is 6.76. The lowest BCUT2D eigenvalue weighted by molar-refractivity contribution is 0.438. The van der Waals surface area contributed by atoms with Crippen molar-refractivity contribution < 1.29 is 4.39 Å². The summed E-state index contributed by atoms with van der Waals surface area (Å²) in [6.07, 6.45) is 3.56. The molecule has 5 nitrogen and oxygen atoms in total. The third kappa shape index (κ3) is 3.04. The molecule has 4 N–H and O–H groups in total. The highest BCUT2D eigenvalue weighted by atomic mass is 19.1. The third-order valence-electron chi connectivity index (χ3n) is 3.58. The predicted molar refractivity (Wildman–Crippen MR) is 74.1 cm³/mol. The first-order valence-corrected chi connectivity index (χ1v) is 6.76. The van der Waals surface area contributed by atoms with Gasteiger partial charge in [0.1, 0.15) is 11.6 Å². The second-order valence-electron chi connectivity index (χ2n) is 4.98. The highest BCUT2D eigenvalue weighted by molar-refractivity contribution is 5.21. The van der Waals surface area contributed by atoms with E-state index >= 15 is 0 Å². The summed E-state index contributed by atoms with van der Waals surface area (Å²) in [6.45, 7) is 2.47. The van der Waals surface area contributed by atoms with Crippen LogP contribution in [-0.4, -0.2) is 23.1 Å². The average Bonchev–Trinajstić information content (AvgIpc) is 3.11. The van der Waals surface area contributed by atoms with Crippen LogP contribution in [0.4, 0.5) is 4.39 Å². The number of imidazole rings is 1. The molecule has 3 rings (SSSR count). The highest BCUT2D eigenvalue weighted by Gasteiger charge is 2.27. The van der Waals surface area contributed by atoms with Crippen LogP contribution in [0.15, 0.2) is 36.7 Å². The molecule has 1 saturated heterocycles. The molecule has 20 heavy (non-hydrogen) atoms. The maximum atomic E-state index is 13.0. The minimum atomic E-state index is -0.202. The van der Waals surface area contributed by atoms with E-state index in [0.717, 1.165) is 31.0 Å². The fourth-order valence-corrected chi connectivity index (χ4v) is 2.52. The first-order chi connectivity index (χ1) is 9.83. The van der Waals surface area contributed by atoms with Gasteiger partial charge in [-0.3, -0.25) is 5.43 Å². The minimum absolute atomic E-state index is 0.194. The van der Waals surface area contributed by atoms with Crippen molar-refractivity contribution in [1.29, 1.82) is 0 Å². The molecule has 0 bridgehead atoms. The number of hydrogen-bond acceptors (Lipinski definition) is 4. The van der Waals surface area contributed by atoms with E-state index in [0.29, 0.717) is 5.92 Å². The van der Waals surface area contributed by atoms with Crippen LogP contribution in [0.5, 0.6) is 0 Å². The SMILES string of the molecule is Fc1ccc(C2NNCC2CNCc2ncc[nH]2)cc1. The van der Waals surface area contributed by atoms with E-state index < -0.39 is 0 Å². The first kappa shape index (κ1) is 13.2. The van der Waals surface area contributed by atoms with Crippen molar-refractivity contribution in [2.75, 3.05) is 13.1 Å². The molecule has 1 aromatic carbocycles. The van der Waals surface area contributed by atoms with Gasteiger partial charge >= 0.3 is 0 Å². The molecule has 1 aliphatic rings. The van der Waals surface area contributed by atoms with Gasteiger partial charge in [0.25, 0.3) is 0 Å². The van der Waals surface area contributed by atoms with Gasteiger partial charge in [0.2, 0.25) is 0 Å². The summed E-state index contributed by atoms with van der Waals surface area (Å²) in [5.74, 6) is 1.14. The number of aromatic nitrogens is 2. The summed E-state index contributed by atoms with van der Waals surface area (Å²) in [4.78, 5) is 7.24. The number of nitrogens with one attached hydrogen (secondary N) is 4. The largest absolute Gasteiger partial charge is 0.348 e. The van der Waals surface area contributed by atoms with E-state index in [1.807, 2.05) is 18.3 Å². The van der Waals surface area contributed by atoms with Crippen LogP contribution in [0.2, 0.25) is 0 Å². The Balaban J connectivity index is 1.56. The summed E-state index contributed by atoms with van der Waals surface area (Å²) < 4.78 is 13.0. The van der Waals surface area contributed by atoms with E-state index in [1.54, 1.807) is 6.20 Å². The highest BCUT2D eigenvalue weighted by Crippen LogP contribution is 2.24. The molecular weight excluding hydrogens is 257 g/mol. The maximum Gasteiger partial charge on any atom is 0.123 e. The number of aromatic amines is 1. The molecule has 106 valence electrons. The molecule has 0 amide bonds. The van der Waals surface area contributed by atoms with Gasteiger partial charge in [0, 0.05) is 31.4 Å². The molecule has 1 fully saturated rings. The Morgan fingerprint density at radius 1 is 1.30 bits per heavy atom. The monoisotopic (exact) mass is 275 g/mol. The quantitative estimate of drug-likeness (QED) is 0.660. The third-order valence-corrected chi connectivity index (χ3v) is 3.58. The molecule has 0 saturated carbocycles. The van der Waals surface area contributed by atoms with E-state index in [1.165, 1.54) is 12.1 Å². The van der Waals surface area contributed by atoms with Crippen molar-refractivity contribution in [3.8, 4) is 0 Å². The zero-order valence-electron chi connectivity index (χ0n) is 11.1. The van der Waals surface area contributed by atoms with Gasteiger partial charge in [-0.2, -0.15) is 0 Å². The second-order valence-corrected chi connectivity index (χ2v) is 4.98. The number of nitrogens with zero attached hydrogens (tertiary/aromatic N) is 1. The van der Waals surface area contributed by atoms with Crippen LogP contribution >= 0.6 is 0 Å². The molecular formula is C14H18FN5. The Morgan fingerprint density at radius 3 is 2.90 bits per heavy atom. The van der Waals surface area contributed by atoms with Crippen LogP contribution < -0.4 is 16.2 Å². The van der Waals surface area contributed by atoms with Crippen molar-refractivity contribution in [2.24, 2.45) is 5.92 Å². The lowest BCUT2D eigenvalue weighted by Crippen LogP contribution is -2.28. The Morgan fingerprint density at radius 2 is 2.15 bits per heavy atom. The Kier molecular flexibility index (Phi) is 4.05. The number of halogens is 1. The Hall–Kier alpha value is -1.76. The van der Waals surface area contributed by atoms with Gasteiger partial charge in [-0.15, -0.1) is 0 Å². The molecule has 2 heterocycles. The van der Waals surface area contributed by atoms with Crippen molar-refractivity contribution >= 4 is 0 Å². The zero-order valence-corrected chi connectivity index (χ0v) is 11.1. The molecule has 2 aromatic rings. The summed E-state index contributed by atoms with van der Waals surface area (Å²) >= 11 is 0. The van der Waals surface area contributed by atoms with Gasteiger partial charge in [0.05, 0.1) is 12.6 Å². The summed E-state index contributed by atoms with van der Waals surface area (Å²) in [5.41, 5.74) is 7.52. The normalized spacial score (nSPS) is 22.2. The van der Waals surface area contributed by atoms with E-state index in [4.69, 9.17) is 0 Å².